The van der Waals surface area contributed by atoms with E-state index in [4.69, 9.17) is 4.74 Å². The highest BCUT2D eigenvalue weighted by molar-refractivity contribution is 6.03. The SMILES string of the molecule is Cc1ccc(NC(=O)[C@H](C)OC(=O)c2nn(C)c(=O)c3ccccc23)cc1. The van der Waals surface area contributed by atoms with Crippen molar-refractivity contribution in [3.8, 4) is 0 Å². The maximum absolute atomic E-state index is 12.6. The molecule has 27 heavy (non-hydrogen) atoms. The Balaban J connectivity index is 1.80. The minimum atomic E-state index is -1.03. The number of anilines is 1. The number of aryl methyl sites for hydroxylation is 2. The van der Waals surface area contributed by atoms with Crippen LogP contribution in [0.15, 0.2) is 53.3 Å². The summed E-state index contributed by atoms with van der Waals surface area (Å²) >= 11 is 0. The summed E-state index contributed by atoms with van der Waals surface area (Å²) < 4.78 is 6.35. The first-order valence-corrected chi connectivity index (χ1v) is 8.41. The van der Waals surface area contributed by atoms with E-state index in [1.165, 1.54) is 14.0 Å². The van der Waals surface area contributed by atoms with Crippen molar-refractivity contribution in [1.29, 1.82) is 0 Å². The van der Waals surface area contributed by atoms with Gasteiger partial charge in [-0.25, -0.2) is 9.48 Å². The number of hydrogen-bond acceptors (Lipinski definition) is 5. The Morgan fingerprint density at radius 2 is 1.70 bits per heavy atom. The molecule has 7 heteroatoms. The Kier molecular flexibility index (Phi) is 5.03. The molecule has 138 valence electrons. The van der Waals surface area contributed by atoms with Gasteiger partial charge >= 0.3 is 5.97 Å². The number of fused-ring (bicyclic) bond motifs is 1. The summed E-state index contributed by atoms with van der Waals surface area (Å²) in [5.41, 5.74) is 1.36. The number of rotatable bonds is 4. The van der Waals surface area contributed by atoms with Gasteiger partial charge in [0.2, 0.25) is 0 Å². The second-order valence-electron chi connectivity index (χ2n) is 6.23. The average molecular weight is 365 g/mol. The molecule has 0 saturated heterocycles. The van der Waals surface area contributed by atoms with Crippen molar-refractivity contribution in [3.63, 3.8) is 0 Å². The summed E-state index contributed by atoms with van der Waals surface area (Å²) in [5, 5.41) is 7.44. The van der Waals surface area contributed by atoms with Gasteiger partial charge in [0, 0.05) is 18.1 Å². The van der Waals surface area contributed by atoms with Gasteiger partial charge in [0.25, 0.3) is 11.5 Å². The second kappa shape index (κ2) is 7.41. The van der Waals surface area contributed by atoms with E-state index >= 15 is 0 Å². The zero-order chi connectivity index (χ0) is 19.6. The molecular formula is C20H19N3O4. The van der Waals surface area contributed by atoms with Crippen LogP contribution in [0.1, 0.15) is 23.0 Å². The molecule has 0 spiro atoms. The molecule has 7 nitrogen and oxygen atoms in total. The van der Waals surface area contributed by atoms with E-state index in [-0.39, 0.29) is 11.3 Å². The Labute approximate surface area is 155 Å². The summed E-state index contributed by atoms with van der Waals surface area (Å²) in [5.74, 6) is -1.23. The molecule has 0 bridgehead atoms. The average Bonchev–Trinajstić information content (AvgIpc) is 2.66. The Bertz CT molecular complexity index is 1070. The first kappa shape index (κ1) is 18.3. The van der Waals surface area contributed by atoms with E-state index in [1.807, 2.05) is 19.1 Å². The number of aromatic nitrogens is 2. The molecule has 0 aliphatic heterocycles. The molecule has 2 aromatic carbocycles. The van der Waals surface area contributed by atoms with Crippen molar-refractivity contribution in [2.75, 3.05) is 5.32 Å². The van der Waals surface area contributed by atoms with Crippen LogP contribution in [0.5, 0.6) is 0 Å². The topological polar surface area (TPSA) is 90.3 Å². The monoisotopic (exact) mass is 365 g/mol. The Hall–Kier alpha value is -3.48. The number of amides is 1. The fraction of sp³-hybridized carbons (Fsp3) is 0.200. The highest BCUT2D eigenvalue weighted by Crippen LogP contribution is 2.15. The van der Waals surface area contributed by atoms with Crippen molar-refractivity contribution in [2.24, 2.45) is 7.05 Å². The molecule has 3 aromatic rings. The first-order chi connectivity index (χ1) is 12.9. The lowest BCUT2D eigenvalue weighted by Crippen LogP contribution is -2.31. The fourth-order valence-corrected chi connectivity index (χ4v) is 2.60. The van der Waals surface area contributed by atoms with Crippen LogP contribution in [0, 0.1) is 6.92 Å². The van der Waals surface area contributed by atoms with Crippen LogP contribution < -0.4 is 10.9 Å². The minimum Gasteiger partial charge on any atom is -0.448 e. The summed E-state index contributed by atoms with van der Waals surface area (Å²) in [6.07, 6.45) is -1.03. The predicted molar refractivity (Wildman–Crippen MR) is 102 cm³/mol. The molecule has 1 N–H and O–H groups in total. The smallest absolute Gasteiger partial charge is 0.360 e. The van der Waals surface area contributed by atoms with E-state index < -0.39 is 18.0 Å². The molecule has 1 atom stereocenters. The van der Waals surface area contributed by atoms with Crippen molar-refractivity contribution in [3.05, 3.63) is 70.1 Å². The van der Waals surface area contributed by atoms with Gasteiger partial charge in [0.15, 0.2) is 11.8 Å². The molecule has 0 fully saturated rings. The normalized spacial score (nSPS) is 11.8. The molecule has 0 saturated carbocycles. The predicted octanol–water partition coefficient (Wildman–Crippen LogP) is 2.43. The van der Waals surface area contributed by atoms with E-state index in [9.17, 15) is 14.4 Å². The third kappa shape index (κ3) is 3.87. The number of esters is 1. The molecule has 0 aliphatic carbocycles. The van der Waals surface area contributed by atoms with Gasteiger partial charge in [-0.15, -0.1) is 0 Å². The Morgan fingerprint density at radius 1 is 1.07 bits per heavy atom. The van der Waals surface area contributed by atoms with Gasteiger partial charge in [0.1, 0.15) is 0 Å². The van der Waals surface area contributed by atoms with E-state index in [2.05, 4.69) is 10.4 Å². The number of carbonyl (C=O) groups excluding carboxylic acids is 2. The van der Waals surface area contributed by atoms with Crippen molar-refractivity contribution in [2.45, 2.75) is 20.0 Å². The summed E-state index contributed by atoms with van der Waals surface area (Å²) in [6.45, 7) is 3.42. The Morgan fingerprint density at radius 3 is 2.37 bits per heavy atom. The van der Waals surface area contributed by atoms with Gasteiger partial charge in [0.05, 0.1) is 5.39 Å². The van der Waals surface area contributed by atoms with Crippen LogP contribution in [0.25, 0.3) is 10.8 Å². The number of carbonyl (C=O) groups is 2. The van der Waals surface area contributed by atoms with Crippen LogP contribution >= 0.6 is 0 Å². The van der Waals surface area contributed by atoms with Crippen LogP contribution in [0.2, 0.25) is 0 Å². The zero-order valence-corrected chi connectivity index (χ0v) is 15.2. The number of nitrogens with zero attached hydrogens (tertiary/aromatic N) is 2. The number of hydrogen-bond donors (Lipinski definition) is 1. The van der Waals surface area contributed by atoms with E-state index in [1.54, 1.807) is 36.4 Å². The van der Waals surface area contributed by atoms with Crippen molar-refractivity contribution >= 4 is 28.3 Å². The second-order valence-corrected chi connectivity index (χ2v) is 6.23. The molecule has 1 amide bonds. The lowest BCUT2D eigenvalue weighted by atomic mass is 10.1. The van der Waals surface area contributed by atoms with Crippen LogP contribution in [-0.4, -0.2) is 27.8 Å². The quantitative estimate of drug-likeness (QED) is 0.717. The summed E-state index contributed by atoms with van der Waals surface area (Å²) in [7, 11) is 1.46. The van der Waals surface area contributed by atoms with Gasteiger partial charge in [-0.3, -0.25) is 9.59 Å². The van der Waals surface area contributed by atoms with E-state index in [0.717, 1.165) is 10.2 Å². The third-order valence-electron chi connectivity index (χ3n) is 4.12. The van der Waals surface area contributed by atoms with Crippen LogP contribution in [0.4, 0.5) is 5.69 Å². The highest BCUT2D eigenvalue weighted by atomic mass is 16.5. The molecule has 1 heterocycles. The van der Waals surface area contributed by atoms with Gasteiger partial charge in [-0.1, -0.05) is 35.9 Å². The largest absolute Gasteiger partial charge is 0.448 e. The van der Waals surface area contributed by atoms with Crippen LogP contribution in [0.3, 0.4) is 0 Å². The number of nitrogens with one attached hydrogen (secondary N) is 1. The van der Waals surface area contributed by atoms with E-state index in [0.29, 0.717) is 16.5 Å². The van der Waals surface area contributed by atoms with Gasteiger partial charge < -0.3 is 10.1 Å². The van der Waals surface area contributed by atoms with Gasteiger partial charge in [-0.2, -0.15) is 5.10 Å². The van der Waals surface area contributed by atoms with Crippen LogP contribution in [-0.2, 0) is 16.6 Å². The van der Waals surface area contributed by atoms with Gasteiger partial charge in [-0.05, 0) is 32.0 Å². The lowest BCUT2D eigenvalue weighted by molar-refractivity contribution is -0.123. The summed E-state index contributed by atoms with van der Waals surface area (Å²) in [4.78, 5) is 37.0. The number of ether oxygens (including phenoxy) is 1. The standard InChI is InChI=1S/C20H19N3O4/c1-12-8-10-14(11-9-12)21-18(24)13(2)27-20(26)17-15-6-4-5-7-16(15)19(25)23(3)22-17/h4-11,13H,1-3H3,(H,21,24)/t13-/m0/s1. The fourth-order valence-electron chi connectivity index (χ4n) is 2.60. The molecule has 3 rings (SSSR count). The number of benzene rings is 2. The molecular weight excluding hydrogens is 346 g/mol. The highest BCUT2D eigenvalue weighted by Gasteiger charge is 2.23. The maximum atomic E-state index is 12.6. The minimum absolute atomic E-state index is 0.0114. The summed E-state index contributed by atoms with van der Waals surface area (Å²) in [6, 6.07) is 13.9. The third-order valence-corrected chi connectivity index (χ3v) is 4.12. The molecule has 1 aromatic heterocycles. The molecule has 0 aliphatic rings. The molecule has 0 unspecified atom stereocenters. The maximum Gasteiger partial charge on any atom is 0.360 e. The zero-order valence-electron chi connectivity index (χ0n) is 15.2. The first-order valence-electron chi connectivity index (χ1n) is 8.41. The lowest BCUT2D eigenvalue weighted by Gasteiger charge is -2.14. The van der Waals surface area contributed by atoms with Crippen molar-refractivity contribution in [1.82, 2.24) is 9.78 Å². The van der Waals surface area contributed by atoms with Crippen molar-refractivity contribution < 1.29 is 14.3 Å². The molecule has 0 radical (unpaired) electrons.